The number of nitrogens with zero attached hydrogens (tertiary/aromatic N) is 3. The van der Waals surface area contributed by atoms with Crippen LogP contribution in [-0.2, 0) is 11.3 Å². The van der Waals surface area contributed by atoms with Gasteiger partial charge in [0, 0.05) is 36.6 Å². The summed E-state index contributed by atoms with van der Waals surface area (Å²) < 4.78 is 7.76. The summed E-state index contributed by atoms with van der Waals surface area (Å²) in [4.78, 5) is 16.4. The lowest BCUT2D eigenvalue weighted by Crippen LogP contribution is -2.69. The molecule has 3 aliphatic rings. The first-order chi connectivity index (χ1) is 11.7. The molecule has 2 N–H and O–H groups in total. The quantitative estimate of drug-likeness (QED) is 0.859. The summed E-state index contributed by atoms with van der Waals surface area (Å²) in [6.45, 7) is 3.64. The van der Waals surface area contributed by atoms with Crippen LogP contribution < -0.4 is 10.6 Å². The Morgan fingerprint density at radius 1 is 1.46 bits per heavy atom. The number of urea groups is 1. The number of ether oxygens (including phenoxy) is 1. The molecule has 24 heavy (non-hydrogen) atoms. The molecule has 4 rings (SSSR count). The Hall–Kier alpha value is -1.63. The molecule has 1 saturated heterocycles. The molecule has 2 saturated carbocycles. The maximum atomic E-state index is 12.4. The first-order valence-corrected chi connectivity index (χ1v) is 9.20. The van der Waals surface area contributed by atoms with E-state index >= 15 is 0 Å². The summed E-state index contributed by atoms with van der Waals surface area (Å²) in [7, 11) is 0. The minimum atomic E-state index is -0.0392. The van der Waals surface area contributed by atoms with Crippen molar-refractivity contribution in [2.75, 3.05) is 6.61 Å². The van der Waals surface area contributed by atoms with Crippen molar-refractivity contribution in [3.8, 4) is 0 Å². The zero-order chi connectivity index (χ0) is 16.6. The number of carbonyl (C=O) groups excluding carboxylic acids is 1. The van der Waals surface area contributed by atoms with Crippen molar-refractivity contribution in [1.29, 1.82) is 0 Å². The standard InChI is InChI=1S/C17H27N5O2/c1-12(4-8-22-11-18-10-19-22)20-16(23)21-14-13-5-9-24-15(13)17(14)6-2-3-7-17/h10-15H,2-9H2,1H3,(H2,20,21,23)/t12-,13+,14-,15+/m1/s1. The van der Waals surface area contributed by atoms with Crippen LogP contribution in [0.5, 0.6) is 0 Å². The van der Waals surface area contributed by atoms with Crippen molar-refractivity contribution < 1.29 is 9.53 Å². The largest absolute Gasteiger partial charge is 0.377 e. The van der Waals surface area contributed by atoms with E-state index in [4.69, 9.17) is 4.74 Å². The van der Waals surface area contributed by atoms with Crippen molar-refractivity contribution in [3.05, 3.63) is 12.7 Å². The Morgan fingerprint density at radius 3 is 3.04 bits per heavy atom. The summed E-state index contributed by atoms with van der Waals surface area (Å²) in [5.74, 6) is 0.513. The van der Waals surface area contributed by atoms with E-state index in [1.165, 1.54) is 32.0 Å². The van der Waals surface area contributed by atoms with Crippen LogP contribution in [0.15, 0.2) is 12.7 Å². The Kier molecular flexibility index (Phi) is 4.20. The first kappa shape index (κ1) is 15.9. The number of hydrogen-bond donors (Lipinski definition) is 2. The van der Waals surface area contributed by atoms with E-state index in [1.54, 1.807) is 11.0 Å². The maximum Gasteiger partial charge on any atom is 0.315 e. The summed E-state index contributed by atoms with van der Waals surface area (Å²) in [6.07, 6.45) is 10.5. The summed E-state index contributed by atoms with van der Waals surface area (Å²) in [5, 5.41) is 10.4. The number of rotatable bonds is 5. The Bertz CT molecular complexity index is 570. The van der Waals surface area contributed by atoms with Gasteiger partial charge in [0.15, 0.2) is 0 Å². The first-order valence-electron chi connectivity index (χ1n) is 9.20. The zero-order valence-electron chi connectivity index (χ0n) is 14.3. The molecule has 2 amide bonds. The van der Waals surface area contributed by atoms with Crippen LogP contribution in [-0.4, -0.2) is 45.6 Å². The predicted molar refractivity (Wildman–Crippen MR) is 88.3 cm³/mol. The van der Waals surface area contributed by atoms with Gasteiger partial charge in [0.05, 0.1) is 6.10 Å². The minimum absolute atomic E-state index is 0.0392. The van der Waals surface area contributed by atoms with Crippen LogP contribution in [0.3, 0.4) is 0 Å². The van der Waals surface area contributed by atoms with Gasteiger partial charge in [-0.25, -0.2) is 9.78 Å². The van der Waals surface area contributed by atoms with Gasteiger partial charge in [0.25, 0.3) is 0 Å². The van der Waals surface area contributed by atoms with E-state index < -0.39 is 0 Å². The fraction of sp³-hybridized carbons (Fsp3) is 0.824. The van der Waals surface area contributed by atoms with Crippen LogP contribution in [0.2, 0.25) is 0 Å². The van der Waals surface area contributed by atoms with Crippen LogP contribution in [0.1, 0.15) is 45.4 Å². The molecule has 1 spiro atoms. The molecule has 1 aliphatic heterocycles. The number of aryl methyl sites for hydroxylation is 1. The average Bonchev–Trinajstić information content (AvgIpc) is 3.31. The monoisotopic (exact) mass is 333 g/mol. The van der Waals surface area contributed by atoms with Crippen molar-refractivity contribution in [2.45, 2.75) is 70.2 Å². The van der Waals surface area contributed by atoms with Gasteiger partial charge in [-0.3, -0.25) is 4.68 Å². The second-order valence-corrected chi connectivity index (χ2v) is 7.63. The van der Waals surface area contributed by atoms with E-state index in [0.717, 1.165) is 26.0 Å². The summed E-state index contributed by atoms with van der Waals surface area (Å²) >= 11 is 0. The molecule has 7 nitrogen and oxygen atoms in total. The lowest BCUT2D eigenvalue weighted by molar-refractivity contribution is -0.126. The highest BCUT2D eigenvalue weighted by Crippen LogP contribution is 2.60. The third-order valence-corrected chi connectivity index (χ3v) is 6.21. The van der Waals surface area contributed by atoms with E-state index in [0.29, 0.717) is 12.0 Å². The van der Waals surface area contributed by atoms with Gasteiger partial charge < -0.3 is 15.4 Å². The smallest absolute Gasteiger partial charge is 0.315 e. The zero-order valence-corrected chi connectivity index (χ0v) is 14.3. The normalized spacial score (nSPS) is 31.5. The molecule has 0 bridgehead atoms. The topological polar surface area (TPSA) is 81.1 Å². The average molecular weight is 333 g/mol. The molecule has 4 atom stereocenters. The predicted octanol–water partition coefficient (Wildman–Crippen LogP) is 1.70. The van der Waals surface area contributed by atoms with Gasteiger partial charge in [-0.2, -0.15) is 5.10 Å². The number of carbonyl (C=O) groups is 1. The maximum absolute atomic E-state index is 12.4. The third-order valence-electron chi connectivity index (χ3n) is 6.21. The third kappa shape index (κ3) is 2.68. The second kappa shape index (κ2) is 6.35. The van der Waals surface area contributed by atoms with Gasteiger partial charge in [-0.1, -0.05) is 12.8 Å². The van der Waals surface area contributed by atoms with E-state index in [-0.39, 0.29) is 23.5 Å². The van der Waals surface area contributed by atoms with Crippen LogP contribution in [0.4, 0.5) is 4.79 Å². The lowest BCUT2D eigenvalue weighted by Gasteiger charge is -2.56. The minimum Gasteiger partial charge on any atom is -0.377 e. The molecule has 1 aromatic rings. The van der Waals surface area contributed by atoms with E-state index in [1.807, 2.05) is 6.92 Å². The van der Waals surface area contributed by atoms with Gasteiger partial charge >= 0.3 is 6.03 Å². The molecular weight excluding hydrogens is 306 g/mol. The fourth-order valence-electron chi connectivity index (χ4n) is 5.06. The Morgan fingerprint density at radius 2 is 2.29 bits per heavy atom. The summed E-state index contributed by atoms with van der Waals surface area (Å²) in [5.41, 5.74) is 0.211. The number of amides is 2. The molecule has 2 aliphatic carbocycles. The molecule has 7 heteroatoms. The van der Waals surface area contributed by atoms with Crippen molar-refractivity contribution >= 4 is 6.03 Å². The molecule has 3 fully saturated rings. The van der Waals surface area contributed by atoms with Crippen molar-refractivity contribution in [2.24, 2.45) is 11.3 Å². The van der Waals surface area contributed by atoms with Gasteiger partial charge in [0.1, 0.15) is 12.7 Å². The molecule has 132 valence electrons. The van der Waals surface area contributed by atoms with Crippen LogP contribution in [0, 0.1) is 11.3 Å². The van der Waals surface area contributed by atoms with Crippen molar-refractivity contribution in [3.63, 3.8) is 0 Å². The highest BCUT2D eigenvalue weighted by atomic mass is 16.5. The van der Waals surface area contributed by atoms with E-state index in [2.05, 4.69) is 20.7 Å². The lowest BCUT2D eigenvalue weighted by atomic mass is 9.54. The molecule has 0 aromatic carbocycles. The van der Waals surface area contributed by atoms with Crippen LogP contribution in [0.25, 0.3) is 0 Å². The number of hydrogen-bond acceptors (Lipinski definition) is 4. The fourth-order valence-corrected chi connectivity index (χ4v) is 5.06. The number of fused-ring (bicyclic) bond motifs is 2. The number of aromatic nitrogens is 3. The number of nitrogens with one attached hydrogen (secondary N) is 2. The Balaban J connectivity index is 1.29. The van der Waals surface area contributed by atoms with Gasteiger partial charge in [-0.05, 0) is 32.6 Å². The van der Waals surface area contributed by atoms with E-state index in [9.17, 15) is 4.79 Å². The Labute approximate surface area is 142 Å². The van der Waals surface area contributed by atoms with Crippen molar-refractivity contribution in [1.82, 2.24) is 25.4 Å². The highest BCUT2D eigenvalue weighted by molar-refractivity contribution is 5.75. The van der Waals surface area contributed by atoms with Crippen LogP contribution >= 0.6 is 0 Å². The van der Waals surface area contributed by atoms with Gasteiger partial charge in [-0.15, -0.1) is 0 Å². The second-order valence-electron chi connectivity index (χ2n) is 7.63. The molecular formula is C17H27N5O2. The SMILES string of the molecule is C[C@H](CCn1cncn1)NC(=O)N[C@@H]1[C@@H]2CCO[C@@H]2C12CCCC2. The molecule has 0 unspecified atom stereocenters. The summed E-state index contributed by atoms with van der Waals surface area (Å²) in [6, 6.07) is 0.349. The molecule has 0 radical (unpaired) electrons. The van der Waals surface area contributed by atoms with Gasteiger partial charge in [0.2, 0.25) is 0 Å². The highest BCUT2D eigenvalue weighted by Gasteiger charge is 2.65. The molecule has 2 heterocycles. The molecule has 1 aromatic heterocycles.